The van der Waals surface area contributed by atoms with E-state index >= 15 is 0 Å². The van der Waals surface area contributed by atoms with Gasteiger partial charge in [0.15, 0.2) is 0 Å². The van der Waals surface area contributed by atoms with E-state index in [0.29, 0.717) is 31.3 Å². The van der Waals surface area contributed by atoms with Crippen molar-refractivity contribution in [1.29, 1.82) is 0 Å². The van der Waals surface area contributed by atoms with Crippen molar-refractivity contribution < 1.29 is 12.8 Å². The Hall–Kier alpha value is -2.11. The number of aryl methyl sites for hydroxylation is 2. The third-order valence-corrected chi connectivity index (χ3v) is 7.44. The standard InChI is InChI=1S/C16H20N6O3S2/c1-3-21-9-12(8-18-21)27(23,24)22-7-5-4-6-13(22)15-19-20-16(25-15)14-11(2)17-10-26-14/h8-10,13H,3-7H2,1-2H3/t13-/m0/s1. The molecule has 27 heavy (non-hydrogen) atoms. The van der Waals surface area contributed by atoms with Crippen molar-refractivity contribution in [2.75, 3.05) is 6.54 Å². The van der Waals surface area contributed by atoms with Gasteiger partial charge >= 0.3 is 0 Å². The average molecular weight is 409 g/mol. The van der Waals surface area contributed by atoms with E-state index in [-0.39, 0.29) is 4.90 Å². The van der Waals surface area contributed by atoms with Crippen molar-refractivity contribution in [2.45, 2.75) is 50.6 Å². The topological polar surface area (TPSA) is 107 Å². The van der Waals surface area contributed by atoms with Crippen molar-refractivity contribution >= 4 is 21.4 Å². The minimum atomic E-state index is -3.69. The Bertz CT molecular complexity index is 1040. The molecule has 1 fully saturated rings. The van der Waals surface area contributed by atoms with Gasteiger partial charge in [-0.1, -0.05) is 6.42 Å². The molecule has 144 valence electrons. The van der Waals surface area contributed by atoms with Gasteiger partial charge in [0.2, 0.25) is 15.9 Å². The minimum absolute atomic E-state index is 0.189. The van der Waals surface area contributed by atoms with E-state index < -0.39 is 16.1 Å². The average Bonchev–Trinajstić information content (AvgIpc) is 3.41. The Morgan fingerprint density at radius 1 is 1.33 bits per heavy atom. The first-order valence-corrected chi connectivity index (χ1v) is 11.1. The van der Waals surface area contributed by atoms with Gasteiger partial charge in [0, 0.05) is 19.3 Å². The van der Waals surface area contributed by atoms with E-state index in [1.165, 1.54) is 21.8 Å². The molecule has 1 aliphatic heterocycles. The smallest absolute Gasteiger partial charge is 0.259 e. The van der Waals surface area contributed by atoms with Crippen molar-refractivity contribution in [3.63, 3.8) is 0 Å². The lowest BCUT2D eigenvalue weighted by Crippen LogP contribution is -2.38. The maximum absolute atomic E-state index is 13.2. The predicted molar refractivity (Wildman–Crippen MR) is 98.5 cm³/mol. The molecule has 0 amide bonds. The van der Waals surface area contributed by atoms with Crippen LogP contribution in [0.1, 0.15) is 43.8 Å². The summed E-state index contributed by atoms with van der Waals surface area (Å²) in [5.74, 6) is 0.704. The maximum atomic E-state index is 13.2. The van der Waals surface area contributed by atoms with Crippen LogP contribution in [0.25, 0.3) is 10.8 Å². The Kier molecular flexibility index (Phi) is 4.82. The normalized spacial score (nSPS) is 18.8. The van der Waals surface area contributed by atoms with E-state index in [4.69, 9.17) is 4.42 Å². The summed E-state index contributed by atoms with van der Waals surface area (Å²) in [5, 5.41) is 12.4. The molecule has 1 saturated heterocycles. The highest BCUT2D eigenvalue weighted by Gasteiger charge is 2.38. The van der Waals surface area contributed by atoms with Gasteiger partial charge in [-0.25, -0.2) is 13.4 Å². The van der Waals surface area contributed by atoms with E-state index in [0.717, 1.165) is 23.4 Å². The molecular formula is C16H20N6O3S2. The lowest BCUT2D eigenvalue weighted by atomic mass is 10.1. The molecular weight excluding hydrogens is 388 g/mol. The number of hydrogen-bond donors (Lipinski definition) is 0. The van der Waals surface area contributed by atoms with Gasteiger partial charge in [-0.2, -0.15) is 9.40 Å². The molecule has 1 aliphatic rings. The predicted octanol–water partition coefficient (Wildman–Crippen LogP) is 2.63. The van der Waals surface area contributed by atoms with E-state index in [1.54, 1.807) is 16.4 Å². The summed E-state index contributed by atoms with van der Waals surface area (Å²) in [5.41, 5.74) is 2.53. The highest BCUT2D eigenvalue weighted by atomic mass is 32.2. The van der Waals surface area contributed by atoms with Crippen molar-refractivity contribution in [2.24, 2.45) is 0 Å². The summed E-state index contributed by atoms with van der Waals surface area (Å²) in [4.78, 5) is 5.19. The maximum Gasteiger partial charge on any atom is 0.259 e. The zero-order chi connectivity index (χ0) is 19.0. The Balaban J connectivity index is 1.67. The van der Waals surface area contributed by atoms with E-state index in [2.05, 4.69) is 20.3 Å². The van der Waals surface area contributed by atoms with Crippen LogP contribution in [-0.4, -0.2) is 44.2 Å². The van der Waals surface area contributed by atoms with Crippen molar-refractivity contribution in [1.82, 2.24) is 29.3 Å². The summed E-state index contributed by atoms with van der Waals surface area (Å²) >= 11 is 1.42. The Labute approximate surface area is 161 Å². The van der Waals surface area contributed by atoms with Gasteiger partial charge in [-0.3, -0.25) is 4.68 Å². The molecule has 1 atom stereocenters. The van der Waals surface area contributed by atoms with Crippen molar-refractivity contribution in [3.8, 4) is 10.8 Å². The molecule has 0 aromatic carbocycles. The zero-order valence-corrected chi connectivity index (χ0v) is 16.7. The van der Waals surface area contributed by atoms with Crippen LogP contribution in [0.3, 0.4) is 0 Å². The number of rotatable bonds is 5. The second-order valence-electron chi connectivity index (χ2n) is 6.37. The third-order valence-electron chi connectivity index (χ3n) is 4.66. The van der Waals surface area contributed by atoms with Gasteiger partial charge in [0.25, 0.3) is 5.89 Å². The second-order valence-corrected chi connectivity index (χ2v) is 9.12. The summed E-state index contributed by atoms with van der Waals surface area (Å²) in [6.07, 6.45) is 5.30. The molecule has 9 nitrogen and oxygen atoms in total. The Morgan fingerprint density at radius 3 is 2.89 bits per heavy atom. The van der Waals surface area contributed by atoms with Crippen LogP contribution in [0, 0.1) is 6.92 Å². The molecule has 11 heteroatoms. The van der Waals surface area contributed by atoms with Gasteiger partial charge < -0.3 is 4.42 Å². The van der Waals surface area contributed by atoms with Gasteiger partial charge in [0.1, 0.15) is 15.8 Å². The first-order chi connectivity index (χ1) is 13.0. The van der Waals surface area contributed by atoms with Crippen LogP contribution in [0.4, 0.5) is 0 Å². The molecule has 0 saturated carbocycles. The SMILES string of the molecule is CCn1cc(S(=O)(=O)N2CCCC[C@H]2c2nnc(-c3scnc3C)o2)cn1. The van der Waals surface area contributed by atoms with Crippen molar-refractivity contribution in [3.05, 3.63) is 29.5 Å². The Morgan fingerprint density at radius 2 is 2.19 bits per heavy atom. The van der Waals surface area contributed by atoms with E-state index in [1.807, 2.05) is 13.8 Å². The van der Waals surface area contributed by atoms with Crippen LogP contribution in [0.5, 0.6) is 0 Å². The van der Waals surface area contributed by atoms with Crippen LogP contribution >= 0.6 is 11.3 Å². The second kappa shape index (κ2) is 7.13. The first kappa shape index (κ1) is 18.3. The fraction of sp³-hybridized carbons (Fsp3) is 0.500. The molecule has 4 rings (SSSR count). The molecule has 0 aliphatic carbocycles. The number of sulfonamides is 1. The van der Waals surface area contributed by atoms with Crippen LogP contribution in [-0.2, 0) is 16.6 Å². The number of thiazole rings is 1. The molecule has 3 aromatic rings. The molecule has 0 unspecified atom stereocenters. The van der Waals surface area contributed by atoms with Crippen LogP contribution < -0.4 is 0 Å². The molecule has 3 aromatic heterocycles. The molecule has 0 bridgehead atoms. The largest absolute Gasteiger partial charge is 0.418 e. The van der Waals surface area contributed by atoms with Gasteiger partial charge in [-0.05, 0) is 26.7 Å². The van der Waals surface area contributed by atoms with E-state index in [9.17, 15) is 8.42 Å². The molecule has 0 N–H and O–H groups in total. The fourth-order valence-corrected chi connectivity index (χ4v) is 5.52. The number of piperidine rings is 1. The highest BCUT2D eigenvalue weighted by Crippen LogP contribution is 2.36. The molecule has 4 heterocycles. The van der Waals surface area contributed by atoms with Crippen LogP contribution in [0.2, 0.25) is 0 Å². The summed E-state index contributed by atoms with van der Waals surface area (Å²) in [6.45, 7) is 4.81. The highest BCUT2D eigenvalue weighted by molar-refractivity contribution is 7.89. The number of hydrogen-bond acceptors (Lipinski definition) is 8. The minimum Gasteiger partial charge on any atom is -0.418 e. The third kappa shape index (κ3) is 3.30. The quantitative estimate of drug-likeness (QED) is 0.638. The fourth-order valence-electron chi connectivity index (χ4n) is 3.19. The summed E-state index contributed by atoms with van der Waals surface area (Å²) in [6, 6.07) is -0.469. The molecule has 0 radical (unpaired) electrons. The number of nitrogens with zero attached hydrogens (tertiary/aromatic N) is 6. The number of aromatic nitrogens is 5. The lowest BCUT2D eigenvalue weighted by molar-refractivity contribution is 0.220. The first-order valence-electron chi connectivity index (χ1n) is 8.79. The lowest BCUT2D eigenvalue weighted by Gasteiger charge is -2.31. The summed E-state index contributed by atoms with van der Waals surface area (Å²) in [7, 11) is -3.69. The van der Waals surface area contributed by atoms with Gasteiger partial charge in [-0.15, -0.1) is 21.5 Å². The van der Waals surface area contributed by atoms with Gasteiger partial charge in [0.05, 0.1) is 17.4 Å². The summed E-state index contributed by atoms with van der Waals surface area (Å²) < 4.78 is 35.2. The monoisotopic (exact) mass is 408 g/mol. The molecule has 0 spiro atoms. The zero-order valence-electron chi connectivity index (χ0n) is 15.1. The van der Waals surface area contributed by atoms with Crippen LogP contribution in [0.15, 0.2) is 27.2 Å².